The Bertz CT molecular complexity index is 617. The third-order valence-corrected chi connectivity index (χ3v) is 3.22. The zero-order valence-corrected chi connectivity index (χ0v) is 11.9. The van der Waals surface area contributed by atoms with E-state index in [4.69, 9.17) is 19.0 Å². The molecule has 100 valence electrons. The molecule has 0 bridgehead atoms. The number of hydrogen-bond acceptors (Lipinski definition) is 4. The number of aromatic carboxylic acids is 1. The van der Waals surface area contributed by atoms with Gasteiger partial charge in [0.1, 0.15) is 11.5 Å². The minimum atomic E-state index is -1.13. The van der Waals surface area contributed by atoms with Crippen molar-refractivity contribution in [2.75, 3.05) is 14.2 Å². The molecule has 1 aromatic carbocycles. The van der Waals surface area contributed by atoms with Crippen molar-refractivity contribution in [2.45, 2.75) is 0 Å². The van der Waals surface area contributed by atoms with Gasteiger partial charge in [-0.15, -0.1) is 0 Å². The monoisotopic (exact) mass is 326 g/mol. The van der Waals surface area contributed by atoms with Crippen molar-refractivity contribution in [3.05, 3.63) is 34.7 Å². The SMILES string of the molecule is COc1ccc(Br)c(OC)c1-c1coc(C(=O)O)c1. The molecule has 0 fully saturated rings. The zero-order valence-electron chi connectivity index (χ0n) is 10.3. The summed E-state index contributed by atoms with van der Waals surface area (Å²) in [6.07, 6.45) is 1.36. The maximum absolute atomic E-state index is 10.9. The number of furan rings is 1. The number of hydrogen-bond donors (Lipinski definition) is 1. The lowest BCUT2D eigenvalue weighted by atomic mass is 10.1. The van der Waals surface area contributed by atoms with Crippen molar-refractivity contribution in [1.82, 2.24) is 0 Å². The van der Waals surface area contributed by atoms with E-state index < -0.39 is 5.97 Å². The Morgan fingerprint density at radius 1 is 1.32 bits per heavy atom. The lowest BCUT2D eigenvalue weighted by Crippen LogP contribution is -1.94. The van der Waals surface area contributed by atoms with Crippen LogP contribution in [0.3, 0.4) is 0 Å². The van der Waals surface area contributed by atoms with Gasteiger partial charge < -0.3 is 19.0 Å². The average Bonchev–Trinajstić information content (AvgIpc) is 2.87. The van der Waals surface area contributed by atoms with Gasteiger partial charge in [-0.1, -0.05) is 0 Å². The summed E-state index contributed by atoms with van der Waals surface area (Å²) in [7, 11) is 3.06. The zero-order chi connectivity index (χ0) is 14.0. The molecule has 0 aliphatic rings. The summed E-state index contributed by atoms with van der Waals surface area (Å²) >= 11 is 3.38. The smallest absolute Gasteiger partial charge is 0.371 e. The molecule has 0 spiro atoms. The molecular formula is C13H11BrO5. The number of rotatable bonds is 4. The summed E-state index contributed by atoms with van der Waals surface area (Å²) in [4.78, 5) is 10.9. The van der Waals surface area contributed by atoms with Gasteiger partial charge in [0.05, 0.1) is 30.5 Å². The summed E-state index contributed by atoms with van der Waals surface area (Å²) in [5, 5.41) is 8.89. The van der Waals surface area contributed by atoms with Crippen molar-refractivity contribution in [2.24, 2.45) is 0 Å². The molecule has 0 aliphatic heterocycles. The van der Waals surface area contributed by atoms with E-state index in [1.165, 1.54) is 26.5 Å². The summed E-state index contributed by atoms with van der Waals surface area (Å²) in [6.45, 7) is 0. The molecule has 0 unspecified atom stereocenters. The van der Waals surface area contributed by atoms with Gasteiger partial charge >= 0.3 is 5.97 Å². The second-order valence-electron chi connectivity index (χ2n) is 3.66. The lowest BCUT2D eigenvalue weighted by molar-refractivity contribution is 0.0662. The molecule has 6 heteroatoms. The van der Waals surface area contributed by atoms with E-state index in [0.717, 1.165) is 4.47 Å². The predicted octanol–water partition coefficient (Wildman–Crippen LogP) is 3.42. The first kappa shape index (κ1) is 13.5. The molecule has 5 nitrogen and oxygen atoms in total. The average molecular weight is 327 g/mol. The van der Waals surface area contributed by atoms with Crippen LogP contribution in [-0.2, 0) is 0 Å². The van der Waals surface area contributed by atoms with Crippen molar-refractivity contribution < 1.29 is 23.8 Å². The fraction of sp³-hybridized carbons (Fsp3) is 0.154. The standard InChI is InChI=1S/C13H11BrO5/c1-17-9-4-3-8(14)12(18-2)11(9)7-5-10(13(15)16)19-6-7/h3-6H,1-2H3,(H,15,16). The fourth-order valence-electron chi connectivity index (χ4n) is 1.76. The van der Waals surface area contributed by atoms with Crippen LogP contribution in [0.4, 0.5) is 0 Å². The van der Waals surface area contributed by atoms with Crippen molar-refractivity contribution in [3.8, 4) is 22.6 Å². The van der Waals surface area contributed by atoms with Gasteiger partial charge in [-0.05, 0) is 34.1 Å². The Hall–Kier alpha value is -1.95. The van der Waals surface area contributed by atoms with E-state index in [-0.39, 0.29) is 5.76 Å². The van der Waals surface area contributed by atoms with Gasteiger partial charge in [-0.25, -0.2) is 4.79 Å². The third kappa shape index (κ3) is 2.44. The Balaban J connectivity index is 2.64. The highest BCUT2D eigenvalue weighted by Crippen LogP contribution is 2.43. The van der Waals surface area contributed by atoms with Crippen LogP contribution in [-0.4, -0.2) is 25.3 Å². The maximum Gasteiger partial charge on any atom is 0.371 e. The van der Waals surface area contributed by atoms with Crippen LogP contribution in [0.2, 0.25) is 0 Å². The summed E-state index contributed by atoms with van der Waals surface area (Å²) in [5.74, 6) is -0.145. The van der Waals surface area contributed by atoms with E-state index in [1.807, 2.05) is 0 Å². The molecule has 19 heavy (non-hydrogen) atoms. The number of methoxy groups -OCH3 is 2. The quantitative estimate of drug-likeness (QED) is 0.932. The Kier molecular flexibility index (Phi) is 3.80. The summed E-state index contributed by atoms with van der Waals surface area (Å²) in [5.41, 5.74) is 1.21. The molecule has 0 radical (unpaired) electrons. The molecule has 2 rings (SSSR count). The molecular weight excluding hydrogens is 316 g/mol. The number of ether oxygens (including phenoxy) is 2. The van der Waals surface area contributed by atoms with Crippen LogP contribution in [0.1, 0.15) is 10.6 Å². The largest absolute Gasteiger partial charge is 0.496 e. The molecule has 0 atom stereocenters. The molecule has 1 aromatic heterocycles. The normalized spacial score (nSPS) is 10.3. The fourth-order valence-corrected chi connectivity index (χ4v) is 2.25. The number of carboxylic acid groups (broad SMARTS) is 1. The van der Waals surface area contributed by atoms with Crippen molar-refractivity contribution in [1.29, 1.82) is 0 Å². The van der Waals surface area contributed by atoms with E-state index in [1.54, 1.807) is 12.1 Å². The number of benzene rings is 1. The Labute approximate surface area is 117 Å². The first-order valence-electron chi connectivity index (χ1n) is 5.31. The summed E-state index contributed by atoms with van der Waals surface area (Å²) in [6, 6.07) is 4.98. The van der Waals surface area contributed by atoms with Crippen LogP contribution in [0.15, 0.2) is 33.4 Å². The third-order valence-electron chi connectivity index (χ3n) is 2.59. The highest BCUT2D eigenvalue weighted by molar-refractivity contribution is 9.10. The van der Waals surface area contributed by atoms with Crippen LogP contribution in [0.25, 0.3) is 11.1 Å². The number of carboxylic acids is 1. The maximum atomic E-state index is 10.9. The Morgan fingerprint density at radius 3 is 2.58 bits per heavy atom. The van der Waals surface area contributed by atoms with Gasteiger partial charge in [0.15, 0.2) is 0 Å². The van der Waals surface area contributed by atoms with Gasteiger partial charge in [0, 0.05) is 5.56 Å². The predicted molar refractivity (Wildman–Crippen MR) is 71.9 cm³/mol. The van der Waals surface area contributed by atoms with Crippen LogP contribution in [0, 0.1) is 0 Å². The molecule has 0 saturated carbocycles. The molecule has 1 heterocycles. The second kappa shape index (κ2) is 5.36. The minimum Gasteiger partial charge on any atom is -0.496 e. The minimum absolute atomic E-state index is 0.140. The molecule has 2 aromatic rings. The summed E-state index contributed by atoms with van der Waals surface area (Å²) < 4.78 is 16.3. The van der Waals surface area contributed by atoms with E-state index in [9.17, 15) is 4.79 Å². The van der Waals surface area contributed by atoms with Gasteiger partial charge in [0.2, 0.25) is 5.76 Å². The molecule has 1 N–H and O–H groups in total. The molecule has 0 saturated heterocycles. The van der Waals surface area contributed by atoms with Crippen molar-refractivity contribution >= 4 is 21.9 Å². The lowest BCUT2D eigenvalue weighted by Gasteiger charge is -2.13. The second-order valence-corrected chi connectivity index (χ2v) is 4.52. The van der Waals surface area contributed by atoms with E-state index in [0.29, 0.717) is 22.6 Å². The number of carbonyl (C=O) groups is 1. The topological polar surface area (TPSA) is 68.9 Å². The van der Waals surface area contributed by atoms with Gasteiger partial charge in [-0.3, -0.25) is 0 Å². The van der Waals surface area contributed by atoms with Crippen LogP contribution in [0.5, 0.6) is 11.5 Å². The Morgan fingerprint density at radius 2 is 2.05 bits per heavy atom. The molecule has 0 aliphatic carbocycles. The van der Waals surface area contributed by atoms with Gasteiger partial charge in [-0.2, -0.15) is 0 Å². The van der Waals surface area contributed by atoms with Crippen LogP contribution >= 0.6 is 15.9 Å². The molecule has 0 amide bonds. The highest BCUT2D eigenvalue weighted by Gasteiger charge is 2.19. The van der Waals surface area contributed by atoms with Crippen molar-refractivity contribution in [3.63, 3.8) is 0 Å². The van der Waals surface area contributed by atoms with E-state index in [2.05, 4.69) is 15.9 Å². The first-order valence-corrected chi connectivity index (χ1v) is 6.10. The number of halogens is 1. The van der Waals surface area contributed by atoms with Crippen LogP contribution < -0.4 is 9.47 Å². The van der Waals surface area contributed by atoms with E-state index >= 15 is 0 Å². The highest BCUT2D eigenvalue weighted by atomic mass is 79.9. The van der Waals surface area contributed by atoms with Gasteiger partial charge in [0.25, 0.3) is 0 Å². The first-order chi connectivity index (χ1) is 9.08.